The Hall–Kier alpha value is -4.44. The molecule has 0 radical (unpaired) electrons. The molecule has 0 atom stereocenters. The van der Waals surface area contributed by atoms with Crippen LogP contribution in [0.4, 0.5) is 21.9 Å². The number of imidazole rings is 1. The molecule has 0 aliphatic carbocycles. The molecule has 38 heavy (non-hydrogen) atoms. The number of hydrogen-bond acceptors (Lipinski definition) is 6. The molecule has 0 saturated carbocycles. The van der Waals surface area contributed by atoms with Crippen molar-refractivity contribution in [2.45, 2.75) is 13.3 Å². The Labute approximate surface area is 222 Å². The van der Waals surface area contributed by atoms with Crippen LogP contribution >= 0.6 is 0 Å². The molecule has 2 aromatic carbocycles. The Morgan fingerprint density at radius 2 is 1.74 bits per heavy atom. The van der Waals surface area contributed by atoms with Gasteiger partial charge >= 0.3 is 6.03 Å². The van der Waals surface area contributed by atoms with Gasteiger partial charge in [0.15, 0.2) is 5.65 Å². The Balaban J connectivity index is 1.55. The lowest BCUT2D eigenvalue weighted by molar-refractivity contribution is 0.102. The van der Waals surface area contributed by atoms with Crippen LogP contribution in [0, 0.1) is 6.92 Å². The first-order valence-electron chi connectivity index (χ1n) is 12.5. The van der Waals surface area contributed by atoms with Crippen molar-refractivity contribution in [1.82, 2.24) is 24.8 Å². The minimum atomic E-state index is -0.302. The van der Waals surface area contributed by atoms with E-state index in [0.717, 1.165) is 29.8 Å². The number of hydrogen-bond donors (Lipinski definition) is 3. The molecule has 0 aliphatic rings. The highest BCUT2D eigenvalue weighted by Crippen LogP contribution is 2.30. The molecule has 4 rings (SSSR count). The van der Waals surface area contributed by atoms with Gasteiger partial charge in [-0.15, -0.1) is 0 Å². The molecule has 2 heterocycles. The van der Waals surface area contributed by atoms with Gasteiger partial charge in [-0.3, -0.25) is 4.79 Å². The zero-order valence-electron chi connectivity index (χ0n) is 22.4. The summed E-state index contributed by atoms with van der Waals surface area (Å²) in [7, 11) is 7.91. The largest absolute Gasteiger partial charge is 0.378 e. The summed E-state index contributed by atoms with van der Waals surface area (Å²) in [5, 5.41) is 13.5. The molecular weight excluding hydrogens is 480 g/mol. The predicted molar refractivity (Wildman–Crippen MR) is 152 cm³/mol. The molecule has 2 aromatic heterocycles. The van der Waals surface area contributed by atoms with E-state index < -0.39 is 0 Å². The summed E-state index contributed by atoms with van der Waals surface area (Å²) in [6, 6.07) is 14.6. The van der Waals surface area contributed by atoms with E-state index in [1.54, 1.807) is 23.0 Å². The lowest BCUT2D eigenvalue weighted by Crippen LogP contribution is -2.31. The van der Waals surface area contributed by atoms with Gasteiger partial charge in [-0.1, -0.05) is 12.1 Å². The molecule has 0 unspecified atom stereocenters. The third-order valence-electron chi connectivity index (χ3n) is 6.18. The Morgan fingerprint density at radius 1 is 0.974 bits per heavy atom. The van der Waals surface area contributed by atoms with Gasteiger partial charge in [0.2, 0.25) is 0 Å². The minimum Gasteiger partial charge on any atom is -0.378 e. The first kappa shape index (κ1) is 26.6. The first-order valence-corrected chi connectivity index (χ1v) is 12.5. The average molecular weight is 515 g/mol. The molecule has 0 spiro atoms. The second-order valence-corrected chi connectivity index (χ2v) is 9.55. The van der Waals surface area contributed by atoms with Gasteiger partial charge in [0, 0.05) is 55.5 Å². The second kappa shape index (κ2) is 11.7. The number of nitrogens with zero attached hydrogens (tertiary/aromatic N) is 5. The smallest absolute Gasteiger partial charge is 0.319 e. The molecule has 3 amide bonds. The van der Waals surface area contributed by atoms with Crippen molar-refractivity contribution in [3.8, 4) is 11.3 Å². The number of carbonyl (C=O) groups is 2. The van der Waals surface area contributed by atoms with Crippen LogP contribution in [0.2, 0.25) is 0 Å². The molecule has 0 aliphatic heterocycles. The maximum atomic E-state index is 12.9. The van der Waals surface area contributed by atoms with E-state index in [1.807, 2.05) is 82.5 Å². The Bertz CT molecular complexity index is 1430. The summed E-state index contributed by atoms with van der Waals surface area (Å²) in [5.41, 5.74) is 5.69. The number of anilines is 3. The van der Waals surface area contributed by atoms with E-state index in [4.69, 9.17) is 5.10 Å². The second-order valence-electron chi connectivity index (χ2n) is 9.55. The standard InChI is InChI=1S/C28H34N8O2/c1-19-22(8-6-9-23(19)31-27(37)20-10-12-21(13-11-20)35(4)5)24-18-25(26-29-15-17-36(26)33-24)32-28(38)30-14-7-16-34(2)3/h6,8-13,15,17-18H,7,14,16H2,1-5H3,(H,31,37)(H2,30,32,38). The van der Waals surface area contributed by atoms with Gasteiger partial charge < -0.3 is 25.8 Å². The van der Waals surface area contributed by atoms with E-state index in [9.17, 15) is 9.59 Å². The van der Waals surface area contributed by atoms with Gasteiger partial charge in [0.1, 0.15) is 0 Å². The van der Waals surface area contributed by atoms with Gasteiger partial charge in [0.05, 0.1) is 11.4 Å². The van der Waals surface area contributed by atoms with E-state index in [2.05, 4.69) is 25.8 Å². The number of nitrogens with one attached hydrogen (secondary N) is 3. The fourth-order valence-corrected chi connectivity index (χ4v) is 4.06. The molecule has 4 aromatic rings. The van der Waals surface area contributed by atoms with Crippen LogP contribution in [-0.2, 0) is 0 Å². The van der Waals surface area contributed by atoms with Crippen LogP contribution in [0.5, 0.6) is 0 Å². The summed E-state index contributed by atoms with van der Waals surface area (Å²) in [4.78, 5) is 33.9. The molecule has 10 heteroatoms. The number of urea groups is 1. The number of rotatable bonds is 9. The Kier molecular flexibility index (Phi) is 8.22. The van der Waals surface area contributed by atoms with Crippen molar-refractivity contribution in [1.29, 1.82) is 0 Å². The van der Waals surface area contributed by atoms with Crippen LogP contribution in [0.1, 0.15) is 22.3 Å². The molecule has 3 N–H and O–H groups in total. The van der Waals surface area contributed by atoms with Gasteiger partial charge in [0.25, 0.3) is 5.91 Å². The fourth-order valence-electron chi connectivity index (χ4n) is 4.06. The van der Waals surface area contributed by atoms with Crippen molar-refractivity contribution < 1.29 is 9.59 Å². The molecule has 0 fully saturated rings. The summed E-state index contributed by atoms with van der Waals surface area (Å²) in [5.74, 6) is -0.193. The number of amides is 3. The van der Waals surface area contributed by atoms with Crippen LogP contribution in [0.3, 0.4) is 0 Å². The van der Waals surface area contributed by atoms with E-state index in [1.165, 1.54) is 0 Å². The monoisotopic (exact) mass is 514 g/mol. The van der Waals surface area contributed by atoms with E-state index >= 15 is 0 Å². The predicted octanol–water partition coefficient (Wildman–Crippen LogP) is 4.10. The van der Waals surface area contributed by atoms with E-state index in [0.29, 0.717) is 34.8 Å². The van der Waals surface area contributed by atoms with Crippen LogP contribution in [0.15, 0.2) is 60.9 Å². The van der Waals surface area contributed by atoms with Crippen molar-refractivity contribution in [2.24, 2.45) is 0 Å². The average Bonchev–Trinajstić information content (AvgIpc) is 3.37. The minimum absolute atomic E-state index is 0.193. The molecular formula is C28H34N8O2. The van der Waals surface area contributed by atoms with Crippen molar-refractivity contribution in [3.05, 3.63) is 72.1 Å². The first-order chi connectivity index (χ1) is 18.2. The quantitative estimate of drug-likeness (QED) is 0.291. The summed E-state index contributed by atoms with van der Waals surface area (Å²) < 4.78 is 1.63. The van der Waals surface area contributed by atoms with Gasteiger partial charge in [-0.2, -0.15) is 5.10 Å². The van der Waals surface area contributed by atoms with Crippen LogP contribution < -0.4 is 20.9 Å². The third-order valence-corrected chi connectivity index (χ3v) is 6.18. The normalized spacial score (nSPS) is 11.0. The molecule has 10 nitrogen and oxygen atoms in total. The topological polar surface area (TPSA) is 107 Å². The zero-order chi connectivity index (χ0) is 27.2. The lowest BCUT2D eigenvalue weighted by atomic mass is 10.0. The fraction of sp³-hybridized carbons (Fsp3) is 0.286. The number of benzene rings is 2. The molecule has 0 bridgehead atoms. The lowest BCUT2D eigenvalue weighted by Gasteiger charge is -2.15. The highest BCUT2D eigenvalue weighted by Gasteiger charge is 2.15. The summed E-state index contributed by atoms with van der Waals surface area (Å²) >= 11 is 0. The maximum absolute atomic E-state index is 12.9. The van der Waals surface area contributed by atoms with Crippen molar-refractivity contribution >= 4 is 34.6 Å². The SMILES string of the molecule is Cc1c(NC(=O)c2ccc(N(C)C)cc2)cccc1-c1cc(NC(=O)NCCCN(C)C)c2nccn2n1. The highest BCUT2D eigenvalue weighted by molar-refractivity contribution is 6.05. The third kappa shape index (κ3) is 6.27. The molecule has 0 saturated heterocycles. The van der Waals surface area contributed by atoms with E-state index in [-0.39, 0.29) is 11.9 Å². The summed E-state index contributed by atoms with van der Waals surface area (Å²) in [6.45, 7) is 3.38. The van der Waals surface area contributed by atoms with Gasteiger partial charge in [-0.05, 0) is 75.9 Å². The number of aromatic nitrogens is 3. The molecule has 198 valence electrons. The van der Waals surface area contributed by atoms with Crippen molar-refractivity contribution in [3.63, 3.8) is 0 Å². The Morgan fingerprint density at radius 3 is 2.45 bits per heavy atom. The van der Waals surface area contributed by atoms with Crippen molar-refractivity contribution in [2.75, 3.05) is 56.8 Å². The highest BCUT2D eigenvalue weighted by atomic mass is 16.2. The van der Waals surface area contributed by atoms with Crippen LogP contribution in [0.25, 0.3) is 16.9 Å². The zero-order valence-corrected chi connectivity index (χ0v) is 22.4. The number of carbonyl (C=O) groups excluding carboxylic acids is 2. The van der Waals surface area contributed by atoms with Gasteiger partial charge in [-0.25, -0.2) is 14.3 Å². The van der Waals surface area contributed by atoms with Crippen LogP contribution in [-0.4, -0.2) is 72.7 Å². The maximum Gasteiger partial charge on any atom is 0.319 e. The number of fused-ring (bicyclic) bond motifs is 1. The summed E-state index contributed by atoms with van der Waals surface area (Å²) in [6.07, 6.45) is 4.22.